The summed E-state index contributed by atoms with van der Waals surface area (Å²) in [7, 11) is 0. The summed E-state index contributed by atoms with van der Waals surface area (Å²) in [5, 5.41) is 17.1. The van der Waals surface area contributed by atoms with Crippen LogP contribution in [0.2, 0.25) is 5.02 Å². The molecule has 10 heteroatoms. The van der Waals surface area contributed by atoms with Gasteiger partial charge in [-0.3, -0.25) is 9.08 Å². The van der Waals surface area contributed by atoms with Crippen molar-refractivity contribution in [2.75, 3.05) is 18.0 Å². The van der Waals surface area contributed by atoms with E-state index in [1.54, 1.807) is 24.7 Å². The van der Waals surface area contributed by atoms with Gasteiger partial charge in [0.05, 0.1) is 28.1 Å². The van der Waals surface area contributed by atoms with E-state index in [1.807, 2.05) is 35.1 Å². The fraction of sp³-hybridized carbons (Fsp3) is 0.400. The second-order valence-corrected chi connectivity index (χ2v) is 11.0. The third kappa shape index (κ3) is 3.84. The molecule has 1 aliphatic heterocycles. The summed E-state index contributed by atoms with van der Waals surface area (Å²) in [5.41, 5.74) is 9.54. The number of hydrogen-bond donors (Lipinski definition) is 3. The fourth-order valence-electron chi connectivity index (χ4n) is 4.98. The zero-order valence-corrected chi connectivity index (χ0v) is 20.8. The smallest absolute Gasteiger partial charge is 0.213 e. The molecular formula is C25H29ClN8O. The van der Waals surface area contributed by atoms with Crippen LogP contribution in [0.1, 0.15) is 33.6 Å². The van der Waals surface area contributed by atoms with E-state index < -0.39 is 5.60 Å². The summed E-state index contributed by atoms with van der Waals surface area (Å²) in [6.07, 6.45) is 9.41. The van der Waals surface area contributed by atoms with Gasteiger partial charge < -0.3 is 20.7 Å². The standard InChI is InChI=1S/C25H29ClN8O/c1-24(2,35)14-33-13-17-18(31-33)5-4-15(20(17)26)16-12-29-21-19(16)22-28-8-11-34(22)23(30-21)32-9-6-25(3,27)7-10-32/h4-5,8,11-13,29,35H,6-7,9-10,14,27H2,1-3H3. The minimum Gasteiger partial charge on any atom is -0.389 e. The number of benzene rings is 1. The molecule has 0 radical (unpaired) electrons. The maximum atomic E-state index is 10.2. The molecule has 5 aromatic rings. The zero-order valence-electron chi connectivity index (χ0n) is 20.1. The quantitative estimate of drug-likeness (QED) is 0.350. The van der Waals surface area contributed by atoms with Crippen molar-refractivity contribution in [2.24, 2.45) is 5.73 Å². The number of piperidine rings is 1. The van der Waals surface area contributed by atoms with Crippen LogP contribution in [0.5, 0.6) is 0 Å². The number of aliphatic hydroxyl groups is 1. The van der Waals surface area contributed by atoms with Crippen molar-refractivity contribution in [1.82, 2.24) is 29.1 Å². The predicted molar refractivity (Wildman–Crippen MR) is 139 cm³/mol. The molecule has 9 nitrogen and oxygen atoms in total. The fourth-order valence-corrected chi connectivity index (χ4v) is 5.29. The number of nitrogens with one attached hydrogen (secondary N) is 1. The summed E-state index contributed by atoms with van der Waals surface area (Å²) in [6.45, 7) is 7.70. The first kappa shape index (κ1) is 22.3. The van der Waals surface area contributed by atoms with Crippen LogP contribution in [-0.2, 0) is 6.54 Å². The van der Waals surface area contributed by atoms with Gasteiger partial charge in [-0.05, 0) is 39.7 Å². The molecule has 0 bridgehead atoms. The maximum absolute atomic E-state index is 10.2. The molecule has 1 fully saturated rings. The lowest BCUT2D eigenvalue weighted by atomic mass is 9.91. The second-order valence-electron chi connectivity index (χ2n) is 10.6. The molecule has 1 saturated heterocycles. The van der Waals surface area contributed by atoms with E-state index in [4.69, 9.17) is 27.3 Å². The number of fused-ring (bicyclic) bond motifs is 4. The summed E-state index contributed by atoms with van der Waals surface area (Å²) >= 11 is 6.93. The molecule has 5 heterocycles. The highest BCUT2D eigenvalue weighted by Crippen LogP contribution is 2.39. The van der Waals surface area contributed by atoms with E-state index in [-0.39, 0.29) is 5.54 Å². The summed E-state index contributed by atoms with van der Waals surface area (Å²) in [4.78, 5) is 15.3. The zero-order chi connectivity index (χ0) is 24.5. The molecule has 0 amide bonds. The Labute approximate surface area is 207 Å². The minimum absolute atomic E-state index is 0.135. The molecular weight excluding hydrogens is 464 g/mol. The van der Waals surface area contributed by atoms with Gasteiger partial charge >= 0.3 is 0 Å². The van der Waals surface area contributed by atoms with E-state index >= 15 is 0 Å². The Morgan fingerprint density at radius 1 is 1.23 bits per heavy atom. The number of rotatable bonds is 4. The SMILES string of the molecule is CC(C)(O)Cn1cc2c(Cl)c(-c3c[nH]c4nc(N5CCC(C)(N)CC5)n5ccnc5c34)ccc2n1. The van der Waals surface area contributed by atoms with Crippen molar-refractivity contribution in [3.63, 3.8) is 0 Å². The van der Waals surface area contributed by atoms with Gasteiger partial charge in [0, 0.05) is 59.9 Å². The van der Waals surface area contributed by atoms with Crippen molar-refractivity contribution < 1.29 is 5.11 Å². The van der Waals surface area contributed by atoms with Crippen molar-refractivity contribution in [1.29, 1.82) is 0 Å². The van der Waals surface area contributed by atoms with Crippen LogP contribution in [0.3, 0.4) is 0 Å². The van der Waals surface area contributed by atoms with Gasteiger partial charge in [0.2, 0.25) is 5.95 Å². The van der Waals surface area contributed by atoms with Gasteiger partial charge in [-0.2, -0.15) is 10.1 Å². The lowest BCUT2D eigenvalue weighted by Crippen LogP contribution is -2.48. The van der Waals surface area contributed by atoms with Gasteiger partial charge in [0.15, 0.2) is 5.65 Å². The first-order valence-electron chi connectivity index (χ1n) is 11.9. The topological polar surface area (TPSA) is 113 Å². The molecule has 0 unspecified atom stereocenters. The Morgan fingerprint density at radius 3 is 2.74 bits per heavy atom. The highest BCUT2D eigenvalue weighted by Gasteiger charge is 2.29. The number of aromatic nitrogens is 6. The van der Waals surface area contributed by atoms with E-state index in [0.29, 0.717) is 11.6 Å². The van der Waals surface area contributed by atoms with Gasteiger partial charge in [-0.25, -0.2) is 4.98 Å². The highest BCUT2D eigenvalue weighted by molar-refractivity contribution is 6.38. The number of H-pyrrole nitrogens is 1. The average molecular weight is 493 g/mol. The largest absolute Gasteiger partial charge is 0.389 e. The van der Waals surface area contributed by atoms with Crippen LogP contribution in [0, 0.1) is 0 Å². The van der Waals surface area contributed by atoms with Gasteiger partial charge in [-0.1, -0.05) is 17.7 Å². The molecule has 0 aliphatic carbocycles. The molecule has 6 rings (SSSR count). The molecule has 1 aliphatic rings. The normalized spacial score (nSPS) is 16.7. The minimum atomic E-state index is -0.874. The number of hydrogen-bond acceptors (Lipinski definition) is 6. The summed E-state index contributed by atoms with van der Waals surface area (Å²) < 4.78 is 3.79. The monoisotopic (exact) mass is 492 g/mol. The molecule has 182 valence electrons. The third-order valence-corrected chi connectivity index (χ3v) is 7.26. The molecule has 4 aromatic heterocycles. The molecule has 0 spiro atoms. The lowest BCUT2D eigenvalue weighted by Gasteiger charge is -2.37. The Hall–Kier alpha value is -3.14. The number of halogens is 1. The Bertz CT molecular complexity index is 1560. The van der Waals surface area contributed by atoms with Crippen LogP contribution >= 0.6 is 11.6 Å². The number of nitrogens with zero attached hydrogens (tertiary/aromatic N) is 6. The number of imidazole rings is 1. The highest BCUT2D eigenvalue weighted by atomic mass is 35.5. The van der Waals surface area contributed by atoms with Crippen LogP contribution in [0.25, 0.3) is 38.7 Å². The van der Waals surface area contributed by atoms with Gasteiger partial charge in [0.25, 0.3) is 0 Å². The van der Waals surface area contributed by atoms with Crippen LogP contribution in [-0.4, -0.2) is 58.5 Å². The van der Waals surface area contributed by atoms with Gasteiger partial charge in [-0.15, -0.1) is 0 Å². The second kappa shape index (κ2) is 7.68. The van der Waals surface area contributed by atoms with Gasteiger partial charge in [0.1, 0.15) is 5.65 Å². The number of aromatic amines is 1. The summed E-state index contributed by atoms with van der Waals surface area (Å²) in [6, 6.07) is 3.94. The van der Waals surface area contributed by atoms with Crippen LogP contribution < -0.4 is 10.6 Å². The van der Waals surface area contributed by atoms with E-state index in [2.05, 4.69) is 21.9 Å². The molecule has 1 aromatic carbocycles. The molecule has 0 atom stereocenters. The van der Waals surface area contributed by atoms with E-state index in [9.17, 15) is 5.11 Å². The maximum Gasteiger partial charge on any atom is 0.213 e. The summed E-state index contributed by atoms with van der Waals surface area (Å²) in [5.74, 6) is 0.864. The van der Waals surface area contributed by atoms with Crippen molar-refractivity contribution in [2.45, 2.75) is 51.3 Å². The first-order valence-corrected chi connectivity index (χ1v) is 12.2. The van der Waals surface area contributed by atoms with Crippen molar-refractivity contribution in [3.8, 4) is 11.1 Å². The Morgan fingerprint density at radius 2 is 2.00 bits per heavy atom. The molecule has 0 saturated carbocycles. The van der Waals surface area contributed by atoms with Crippen molar-refractivity contribution >= 4 is 45.1 Å². The van der Waals surface area contributed by atoms with Crippen molar-refractivity contribution in [3.05, 3.63) is 41.9 Å². The Balaban J connectivity index is 1.46. The van der Waals surface area contributed by atoms with E-state index in [0.717, 1.165) is 70.6 Å². The third-order valence-electron chi connectivity index (χ3n) is 6.85. The molecule has 35 heavy (non-hydrogen) atoms. The van der Waals surface area contributed by atoms with Crippen LogP contribution in [0.4, 0.5) is 5.95 Å². The number of anilines is 1. The van der Waals surface area contributed by atoms with E-state index in [1.165, 1.54) is 0 Å². The lowest BCUT2D eigenvalue weighted by molar-refractivity contribution is 0.0580. The predicted octanol–water partition coefficient (Wildman–Crippen LogP) is 3.97. The molecule has 4 N–H and O–H groups in total. The Kier molecular flexibility index (Phi) is 4.90. The van der Waals surface area contributed by atoms with Crippen LogP contribution in [0.15, 0.2) is 36.9 Å². The first-order chi connectivity index (χ1) is 16.6. The number of nitrogens with two attached hydrogens (primary N) is 1. The average Bonchev–Trinajstić information content (AvgIpc) is 3.50.